The van der Waals surface area contributed by atoms with E-state index in [9.17, 15) is 9.90 Å². The van der Waals surface area contributed by atoms with Gasteiger partial charge in [-0.05, 0) is 38.0 Å². The van der Waals surface area contributed by atoms with Gasteiger partial charge in [0.1, 0.15) is 11.8 Å². The number of nitriles is 1. The SMILES string of the molecule is CC1(O)CC(C(=O)Nc2ccc(Oc3ccccc3C#N)nc2)C1. The highest BCUT2D eigenvalue weighted by molar-refractivity contribution is 5.93. The van der Waals surface area contributed by atoms with Crippen LogP contribution in [0.25, 0.3) is 0 Å². The van der Waals surface area contributed by atoms with Crippen molar-refractivity contribution in [2.45, 2.75) is 25.4 Å². The Morgan fingerprint density at radius 1 is 1.38 bits per heavy atom. The smallest absolute Gasteiger partial charge is 0.227 e. The van der Waals surface area contributed by atoms with Crippen molar-refractivity contribution in [3.8, 4) is 17.7 Å². The van der Waals surface area contributed by atoms with E-state index < -0.39 is 5.60 Å². The fraction of sp³-hybridized carbons (Fsp3) is 0.278. The normalized spacial score (nSPS) is 22.1. The van der Waals surface area contributed by atoms with Gasteiger partial charge in [0.2, 0.25) is 11.8 Å². The number of ether oxygens (including phenoxy) is 1. The minimum atomic E-state index is -0.730. The molecule has 24 heavy (non-hydrogen) atoms. The van der Waals surface area contributed by atoms with Crippen molar-refractivity contribution in [3.63, 3.8) is 0 Å². The maximum Gasteiger partial charge on any atom is 0.227 e. The first-order valence-corrected chi connectivity index (χ1v) is 7.63. The molecular weight excluding hydrogens is 306 g/mol. The summed E-state index contributed by atoms with van der Waals surface area (Å²) in [7, 11) is 0. The van der Waals surface area contributed by atoms with Gasteiger partial charge in [-0.2, -0.15) is 5.26 Å². The minimum Gasteiger partial charge on any atom is -0.438 e. The van der Waals surface area contributed by atoms with E-state index in [-0.39, 0.29) is 11.8 Å². The summed E-state index contributed by atoms with van der Waals surface area (Å²) >= 11 is 0. The van der Waals surface area contributed by atoms with E-state index in [4.69, 9.17) is 10.00 Å². The molecule has 1 aromatic heterocycles. The summed E-state index contributed by atoms with van der Waals surface area (Å²) in [5, 5.41) is 21.5. The Morgan fingerprint density at radius 3 is 2.75 bits per heavy atom. The highest BCUT2D eigenvalue weighted by Gasteiger charge is 2.42. The minimum absolute atomic E-state index is 0.119. The number of nitrogens with zero attached hydrogens (tertiary/aromatic N) is 2. The van der Waals surface area contributed by atoms with Crippen molar-refractivity contribution >= 4 is 11.6 Å². The number of hydrogen-bond donors (Lipinski definition) is 2. The number of hydrogen-bond acceptors (Lipinski definition) is 5. The summed E-state index contributed by atoms with van der Waals surface area (Å²) < 4.78 is 5.59. The van der Waals surface area contributed by atoms with Gasteiger partial charge in [0.05, 0.1) is 23.0 Å². The van der Waals surface area contributed by atoms with Crippen LogP contribution in [-0.2, 0) is 4.79 Å². The van der Waals surface area contributed by atoms with Crippen LogP contribution in [-0.4, -0.2) is 21.6 Å². The standard InChI is InChI=1S/C18H17N3O3/c1-18(23)8-13(9-18)17(22)21-14-6-7-16(20-11-14)24-15-5-3-2-4-12(15)10-19/h2-7,11,13,23H,8-9H2,1H3,(H,21,22). The topological polar surface area (TPSA) is 95.2 Å². The van der Waals surface area contributed by atoms with Gasteiger partial charge in [-0.25, -0.2) is 4.98 Å². The number of anilines is 1. The molecule has 1 aliphatic carbocycles. The lowest BCUT2D eigenvalue weighted by molar-refractivity contribution is -0.133. The van der Waals surface area contributed by atoms with Crippen LogP contribution in [0.2, 0.25) is 0 Å². The van der Waals surface area contributed by atoms with Crippen molar-refractivity contribution in [3.05, 3.63) is 48.2 Å². The van der Waals surface area contributed by atoms with Crippen molar-refractivity contribution in [2.75, 3.05) is 5.32 Å². The monoisotopic (exact) mass is 323 g/mol. The first-order valence-electron chi connectivity index (χ1n) is 7.63. The second kappa shape index (κ2) is 6.30. The second-order valence-electron chi connectivity index (χ2n) is 6.19. The van der Waals surface area contributed by atoms with E-state index in [1.807, 2.05) is 0 Å². The van der Waals surface area contributed by atoms with Crippen molar-refractivity contribution in [1.29, 1.82) is 5.26 Å². The molecule has 1 heterocycles. The van der Waals surface area contributed by atoms with Gasteiger partial charge in [-0.15, -0.1) is 0 Å². The summed E-state index contributed by atoms with van der Waals surface area (Å²) in [4.78, 5) is 16.2. The van der Waals surface area contributed by atoms with Crippen LogP contribution < -0.4 is 10.1 Å². The zero-order chi connectivity index (χ0) is 17.2. The lowest BCUT2D eigenvalue weighted by Gasteiger charge is -2.39. The zero-order valence-electron chi connectivity index (χ0n) is 13.2. The Labute approximate surface area is 139 Å². The first-order chi connectivity index (χ1) is 11.5. The third-order valence-electron chi connectivity index (χ3n) is 3.97. The van der Waals surface area contributed by atoms with Crippen molar-refractivity contribution in [2.24, 2.45) is 5.92 Å². The molecule has 1 amide bonds. The average Bonchev–Trinajstić information content (AvgIpc) is 2.55. The molecule has 0 saturated heterocycles. The lowest BCUT2D eigenvalue weighted by atomic mass is 9.72. The zero-order valence-corrected chi connectivity index (χ0v) is 13.2. The Morgan fingerprint density at radius 2 is 2.12 bits per heavy atom. The largest absolute Gasteiger partial charge is 0.438 e. The molecule has 6 heteroatoms. The van der Waals surface area contributed by atoms with Crippen LogP contribution in [0, 0.1) is 17.2 Å². The third-order valence-corrected chi connectivity index (χ3v) is 3.97. The number of rotatable bonds is 4. The number of pyridine rings is 1. The van der Waals surface area contributed by atoms with E-state index in [0.717, 1.165) is 0 Å². The molecule has 1 aliphatic rings. The van der Waals surface area contributed by atoms with Gasteiger partial charge in [0.25, 0.3) is 0 Å². The molecule has 0 atom stereocenters. The molecule has 0 bridgehead atoms. The molecule has 122 valence electrons. The Kier molecular flexibility index (Phi) is 4.19. The molecule has 2 N–H and O–H groups in total. The quantitative estimate of drug-likeness (QED) is 0.902. The number of carbonyl (C=O) groups excluding carboxylic acids is 1. The summed E-state index contributed by atoms with van der Waals surface area (Å²) in [6.07, 6.45) is 2.44. The summed E-state index contributed by atoms with van der Waals surface area (Å²) in [5.74, 6) is 0.480. The molecule has 3 rings (SSSR count). The molecular formula is C18H17N3O3. The molecule has 0 spiro atoms. The average molecular weight is 323 g/mol. The first kappa shape index (κ1) is 16.0. The van der Waals surface area contributed by atoms with Gasteiger partial charge >= 0.3 is 0 Å². The van der Waals surface area contributed by atoms with Gasteiger partial charge < -0.3 is 15.2 Å². The predicted molar refractivity (Wildman–Crippen MR) is 87.4 cm³/mol. The summed E-state index contributed by atoms with van der Waals surface area (Å²) in [5.41, 5.74) is 0.257. The third kappa shape index (κ3) is 3.53. The van der Waals surface area contributed by atoms with Crippen LogP contribution >= 0.6 is 0 Å². The van der Waals surface area contributed by atoms with Crippen LogP contribution in [0.5, 0.6) is 11.6 Å². The number of aromatic nitrogens is 1. The van der Waals surface area contributed by atoms with Crippen LogP contribution in [0.4, 0.5) is 5.69 Å². The number of amides is 1. The molecule has 0 aliphatic heterocycles. The number of para-hydroxylation sites is 1. The Bertz CT molecular complexity index is 786. The maximum absolute atomic E-state index is 12.0. The molecule has 0 radical (unpaired) electrons. The van der Waals surface area contributed by atoms with E-state index in [1.165, 1.54) is 6.20 Å². The van der Waals surface area contributed by atoms with Crippen LogP contribution in [0.15, 0.2) is 42.6 Å². The molecule has 0 unspecified atom stereocenters. The number of aliphatic hydroxyl groups is 1. The van der Waals surface area contributed by atoms with Crippen molar-refractivity contribution < 1.29 is 14.6 Å². The Hall–Kier alpha value is -2.91. The van der Waals surface area contributed by atoms with E-state index >= 15 is 0 Å². The molecule has 1 aromatic carbocycles. The predicted octanol–water partition coefficient (Wildman–Crippen LogP) is 2.85. The van der Waals surface area contributed by atoms with E-state index in [2.05, 4.69) is 16.4 Å². The number of carbonyl (C=O) groups is 1. The number of nitrogens with one attached hydrogen (secondary N) is 1. The molecule has 2 aromatic rings. The van der Waals surface area contributed by atoms with Gasteiger partial charge in [0.15, 0.2) is 0 Å². The van der Waals surface area contributed by atoms with Crippen LogP contribution in [0.3, 0.4) is 0 Å². The van der Waals surface area contributed by atoms with Crippen molar-refractivity contribution in [1.82, 2.24) is 4.98 Å². The lowest BCUT2D eigenvalue weighted by Crippen LogP contribution is -2.46. The molecule has 1 saturated carbocycles. The fourth-order valence-electron chi connectivity index (χ4n) is 2.71. The van der Waals surface area contributed by atoms with Gasteiger partial charge in [-0.1, -0.05) is 12.1 Å². The maximum atomic E-state index is 12.0. The highest BCUT2D eigenvalue weighted by Crippen LogP contribution is 2.37. The Balaban J connectivity index is 1.62. The summed E-state index contributed by atoms with van der Waals surface area (Å²) in [6.45, 7) is 1.73. The van der Waals surface area contributed by atoms with E-state index in [0.29, 0.717) is 35.7 Å². The van der Waals surface area contributed by atoms with Gasteiger partial charge in [-0.3, -0.25) is 4.79 Å². The molecule has 1 fully saturated rings. The number of benzene rings is 1. The second-order valence-corrected chi connectivity index (χ2v) is 6.19. The fourth-order valence-corrected chi connectivity index (χ4v) is 2.71. The van der Waals surface area contributed by atoms with Gasteiger partial charge in [0, 0.05) is 12.0 Å². The molecule has 6 nitrogen and oxygen atoms in total. The highest BCUT2D eigenvalue weighted by atomic mass is 16.5. The van der Waals surface area contributed by atoms with E-state index in [1.54, 1.807) is 43.3 Å². The van der Waals surface area contributed by atoms with Crippen LogP contribution in [0.1, 0.15) is 25.3 Å². The summed E-state index contributed by atoms with van der Waals surface area (Å²) in [6, 6.07) is 12.3.